The average molecular weight is 266 g/mol. The molecule has 1 unspecified atom stereocenters. The summed E-state index contributed by atoms with van der Waals surface area (Å²) in [5.41, 5.74) is 2.72. The molecule has 0 aromatic heterocycles. The largest absolute Gasteiger partial charge is 0.385 e. The van der Waals surface area contributed by atoms with Gasteiger partial charge in [-0.2, -0.15) is 11.8 Å². The molecule has 4 heteroatoms. The topological polar surface area (TPSA) is 41.1 Å². The molecule has 0 aliphatic heterocycles. The lowest BCUT2D eigenvalue weighted by Gasteiger charge is -2.15. The van der Waals surface area contributed by atoms with Crippen LogP contribution in [0.25, 0.3) is 0 Å². The molecule has 0 saturated carbocycles. The summed E-state index contributed by atoms with van der Waals surface area (Å²) in [4.78, 5) is 12.2. The molecule has 0 fully saturated rings. The fraction of sp³-hybridized carbons (Fsp3) is 0.500. The van der Waals surface area contributed by atoms with Crippen molar-refractivity contribution in [2.75, 3.05) is 23.9 Å². The van der Waals surface area contributed by atoms with Gasteiger partial charge in [-0.05, 0) is 39.2 Å². The number of hydrogen-bond donors (Lipinski definition) is 2. The Bertz CT molecular complexity index is 407. The molecule has 0 heterocycles. The maximum atomic E-state index is 12.2. The standard InChI is InChI=1S/C14H22N2OS/c1-5-15-13-7-6-10(2)8-12(13)14(17)16-11(3)9-18-4/h6-8,11,15H,5,9H2,1-4H3,(H,16,17). The molecule has 1 aromatic rings. The van der Waals surface area contributed by atoms with Gasteiger partial charge in [0.2, 0.25) is 0 Å². The molecule has 2 N–H and O–H groups in total. The number of hydrogen-bond acceptors (Lipinski definition) is 3. The quantitative estimate of drug-likeness (QED) is 0.832. The Balaban J connectivity index is 2.85. The van der Waals surface area contributed by atoms with Gasteiger partial charge < -0.3 is 10.6 Å². The smallest absolute Gasteiger partial charge is 0.253 e. The lowest BCUT2D eigenvalue weighted by Crippen LogP contribution is -2.34. The van der Waals surface area contributed by atoms with Crippen molar-refractivity contribution >= 4 is 23.4 Å². The van der Waals surface area contributed by atoms with Gasteiger partial charge in [-0.3, -0.25) is 4.79 Å². The zero-order valence-corrected chi connectivity index (χ0v) is 12.4. The monoisotopic (exact) mass is 266 g/mol. The van der Waals surface area contributed by atoms with Gasteiger partial charge in [-0.1, -0.05) is 11.6 Å². The molecule has 0 bridgehead atoms. The van der Waals surface area contributed by atoms with Crippen molar-refractivity contribution in [2.45, 2.75) is 26.8 Å². The second-order valence-electron chi connectivity index (χ2n) is 4.41. The van der Waals surface area contributed by atoms with Crippen molar-refractivity contribution in [2.24, 2.45) is 0 Å². The molecule has 0 saturated heterocycles. The Hall–Kier alpha value is -1.16. The number of carbonyl (C=O) groups is 1. The van der Waals surface area contributed by atoms with E-state index in [1.807, 2.05) is 45.2 Å². The van der Waals surface area contributed by atoms with Crippen LogP contribution in [0.15, 0.2) is 18.2 Å². The van der Waals surface area contributed by atoms with Gasteiger partial charge in [0.15, 0.2) is 0 Å². The third-order valence-corrected chi connectivity index (χ3v) is 3.41. The lowest BCUT2D eigenvalue weighted by atomic mass is 10.1. The Morgan fingerprint density at radius 2 is 2.17 bits per heavy atom. The second-order valence-corrected chi connectivity index (χ2v) is 5.32. The fourth-order valence-corrected chi connectivity index (χ4v) is 2.37. The minimum atomic E-state index is -0.00352. The summed E-state index contributed by atoms with van der Waals surface area (Å²) in [5.74, 6) is 0.921. The summed E-state index contributed by atoms with van der Waals surface area (Å²) in [6, 6.07) is 6.09. The zero-order chi connectivity index (χ0) is 13.5. The average Bonchev–Trinajstić information content (AvgIpc) is 2.32. The van der Waals surface area contributed by atoms with E-state index in [1.165, 1.54) is 0 Å². The number of anilines is 1. The predicted octanol–water partition coefficient (Wildman–Crippen LogP) is 2.91. The summed E-state index contributed by atoms with van der Waals surface area (Å²) >= 11 is 1.73. The van der Waals surface area contributed by atoms with E-state index in [-0.39, 0.29) is 11.9 Å². The van der Waals surface area contributed by atoms with Gasteiger partial charge in [0.05, 0.1) is 5.56 Å². The maximum absolute atomic E-state index is 12.2. The van der Waals surface area contributed by atoms with Crippen molar-refractivity contribution in [1.29, 1.82) is 0 Å². The normalized spacial score (nSPS) is 12.0. The number of nitrogens with one attached hydrogen (secondary N) is 2. The molecule has 1 atom stereocenters. The lowest BCUT2D eigenvalue weighted by molar-refractivity contribution is 0.0944. The highest BCUT2D eigenvalue weighted by Crippen LogP contribution is 2.17. The number of amides is 1. The molecule has 18 heavy (non-hydrogen) atoms. The Morgan fingerprint density at radius 1 is 1.44 bits per heavy atom. The van der Waals surface area contributed by atoms with Crippen molar-refractivity contribution in [1.82, 2.24) is 5.32 Å². The van der Waals surface area contributed by atoms with Crippen LogP contribution in [0, 0.1) is 6.92 Å². The van der Waals surface area contributed by atoms with Crippen molar-refractivity contribution < 1.29 is 4.79 Å². The van der Waals surface area contributed by atoms with Crippen LogP contribution in [0.3, 0.4) is 0 Å². The number of rotatable bonds is 6. The SMILES string of the molecule is CCNc1ccc(C)cc1C(=O)NC(C)CSC. The van der Waals surface area contributed by atoms with Gasteiger partial charge in [0, 0.05) is 24.0 Å². The molecule has 1 amide bonds. The molecule has 3 nitrogen and oxygen atoms in total. The van der Waals surface area contributed by atoms with Crippen LogP contribution >= 0.6 is 11.8 Å². The minimum Gasteiger partial charge on any atom is -0.385 e. The summed E-state index contributed by atoms with van der Waals surface area (Å²) < 4.78 is 0. The summed E-state index contributed by atoms with van der Waals surface area (Å²) in [7, 11) is 0. The van der Waals surface area contributed by atoms with E-state index >= 15 is 0 Å². The van der Waals surface area contributed by atoms with Crippen LogP contribution in [0.1, 0.15) is 29.8 Å². The van der Waals surface area contributed by atoms with E-state index in [0.717, 1.165) is 29.1 Å². The van der Waals surface area contributed by atoms with E-state index < -0.39 is 0 Å². The fourth-order valence-electron chi connectivity index (χ4n) is 1.78. The van der Waals surface area contributed by atoms with Crippen LogP contribution in [-0.4, -0.2) is 30.5 Å². The number of carbonyl (C=O) groups excluding carboxylic acids is 1. The van der Waals surface area contributed by atoms with Crippen molar-refractivity contribution in [3.05, 3.63) is 29.3 Å². The van der Waals surface area contributed by atoms with Crippen LogP contribution in [-0.2, 0) is 0 Å². The van der Waals surface area contributed by atoms with Crippen molar-refractivity contribution in [3.8, 4) is 0 Å². The molecule has 0 spiro atoms. The van der Waals surface area contributed by atoms with Crippen LogP contribution < -0.4 is 10.6 Å². The second kappa shape index (κ2) is 7.31. The van der Waals surface area contributed by atoms with Crippen molar-refractivity contribution in [3.63, 3.8) is 0 Å². The zero-order valence-electron chi connectivity index (χ0n) is 11.5. The minimum absolute atomic E-state index is 0.00352. The van der Waals surface area contributed by atoms with Gasteiger partial charge in [-0.15, -0.1) is 0 Å². The van der Waals surface area contributed by atoms with E-state index in [0.29, 0.717) is 0 Å². The summed E-state index contributed by atoms with van der Waals surface area (Å²) in [6.45, 7) is 6.86. The third kappa shape index (κ3) is 4.26. The first kappa shape index (κ1) is 14.9. The van der Waals surface area contributed by atoms with E-state index in [1.54, 1.807) is 11.8 Å². The van der Waals surface area contributed by atoms with Gasteiger partial charge in [0.25, 0.3) is 5.91 Å². The predicted molar refractivity (Wildman–Crippen MR) is 80.7 cm³/mol. The highest BCUT2D eigenvalue weighted by Gasteiger charge is 2.13. The van der Waals surface area contributed by atoms with Crippen LogP contribution in [0.4, 0.5) is 5.69 Å². The Morgan fingerprint density at radius 3 is 2.78 bits per heavy atom. The molecule has 0 aliphatic carbocycles. The molecular formula is C14H22N2OS. The molecule has 0 aliphatic rings. The van der Waals surface area contributed by atoms with Gasteiger partial charge >= 0.3 is 0 Å². The summed E-state index contributed by atoms with van der Waals surface area (Å²) in [5, 5.41) is 6.25. The molecular weight excluding hydrogens is 244 g/mol. The Labute approximate surface area is 114 Å². The van der Waals surface area contributed by atoms with Crippen LogP contribution in [0.2, 0.25) is 0 Å². The maximum Gasteiger partial charge on any atom is 0.253 e. The van der Waals surface area contributed by atoms with E-state index in [9.17, 15) is 4.79 Å². The number of aryl methyl sites for hydroxylation is 1. The molecule has 1 aromatic carbocycles. The third-order valence-electron chi connectivity index (χ3n) is 2.58. The van der Waals surface area contributed by atoms with Crippen LogP contribution in [0.5, 0.6) is 0 Å². The molecule has 0 radical (unpaired) electrons. The first-order valence-electron chi connectivity index (χ1n) is 6.22. The first-order chi connectivity index (χ1) is 8.58. The van der Waals surface area contributed by atoms with Gasteiger partial charge in [-0.25, -0.2) is 0 Å². The highest BCUT2D eigenvalue weighted by atomic mass is 32.2. The molecule has 100 valence electrons. The summed E-state index contributed by atoms with van der Waals surface area (Å²) in [6.07, 6.45) is 2.04. The number of thioether (sulfide) groups is 1. The highest BCUT2D eigenvalue weighted by molar-refractivity contribution is 7.98. The Kier molecular flexibility index (Phi) is 6.05. The van der Waals surface area contributed by atoms with E-state index in [4.69, 9.17) is 0 Å². The van der Waals surface area contributed by atoms with Gasteiger partial charge in [0.1, 0.15) is 0 Å². The number of benzene rings is 1. The van der Waals surface area contributed by atoms with E-state index in [2.05, 4.69) is 10.6 Å². The first-order valence-corrected chi connectivity index (χ1v) is 7.62. The molecule has 1 rings (SSSR count).